The lowest BCUT2D eigenvalue weighted by Gasteiger charge is -2.10. The molecule has 0 unspecified atom stereocenters. The Morgan fingerprint density at radius 1 is 0.947 bits per heavy atom. The first-order chi connectivity index (χ1) is 9.34. The molecule has 0 saturated heterocycles. The van der Waals surface area contributed by atoms with Crippen molar-refractivity contribution in [3.63, 3.8) is 0 Å². The number of aromatic amines is 1. The third-order valence-corrected chi connectivity index (χ3v) is 3.97. The van der Waals surface area contributed by atoms with E-state index in [1.165, 1.54) is 16.5 Å². The van der Waals surface area contributed by atoms with Gasteiger partial charge in [0.1, 0.15) is 0 Å². The highest BCUT2D eigenvalue weighted by Gasteiger charge is 2.33. The molecule has 1 heterocycles. The number of rotatable bonds is 1. The average Bonchev–Trinajstić information content (AvgIpc) is 2.98. The van der Waals surface area contributed by atoms with Gasteiger partial charge in [-0.25, -0.2) is 0 Å². The van der Waals surface area contributed by atoms with Crippen LogP contribution in [0.25, 0.3) is 10.9 Å². The maximum Gasteiger partial charge on any atom is 0.180 e. The summed E-state index contributed by atoms with van der Waals surface area (Å²) in [6.07, 6.45) is 0.579. The maximum absolute atomic E-state index is 12.2. The van der Waals surface area contributed by atoms with Crippen molar-refractivity contribution in [1.82, 2.24) is 4.98 Å². The second kappa shape index (κ2) is 3.82. The molecule has 0 radical (unpaired) electrons. The molecule has 1 N–H and O–H groups in total. The number of fused-ring (bicyclic) bond motifs is 3. The lowest BCUT2D eigenvalue weighted by molar-refractivity contribution is 0.0987. The standard InChI is InChI=1S/C17H13NO/c19-15-10-13(11-6-2-1-3-7-11)16-12-8-4-5-9-14(12)18-17(15)16/h1-9,13,18H,10H2/t13-/m1/s1. The Hall–Kier alpha value is -2.35. The zero-order valence-electron chi connectivity index (χ0n) is 10.4. The van der Waals surface area contributed by atoms with Crippen LogP contribution in [0.3, 0.4) is 0 Å². The SMILES string of the molecule is O=C1C[C@H](c2ccccc2)c2c1[nH]c1ccccc21. The number of carbonyl (C=O) groups excluding carboxylic acids is 1. The van der Waals surface area contributed by atoms with Gasteiger partial charge in [-0.15, -0.1) is 0 Å². The molecule has 0 amide bonds. The third kappa shape index (κ3) is 1.46. The van der Waals surface area contributed by atoms with Crippen LogP contribution in [0.15, 0.2) is 54.6 Å². The Kier molecular flexibility index (Phi) is 2.12. The molecule has 3 aromatic rings. The maximum atomic E-state index is 12.2. The summed E-state index contributed by atoms with van der Waals surface area (Å²) in [5, 5.41) is 1.18. The number of carbonyl (C=O) groups is 1. The Balaban J connectivity index is 1.98. The molecule has 2 nitrogen and oxygen atoms in total. The molecule has 1 aromatic heterocycles. The predicted octanol–water partition coefficient (Wildman–Crippen LogP) is 3.89. The largest absolute Gasteiger partial charge is 0.352 e. The molecule has 0 spiro atoms. The molecule has 1 atom stereocenters. The van der Waals surface area contributed by atoms with Gasteiger partial charge in [-0.1, -0.05) is 48.5 Å². The summed E-state index contributed by atoms with van der Waals surface area (Å²) in [4.78, 5) is 15.5. The van der Waals surface area contributed by atoms with Gasteiger partial charge in [-0.2, -0.15) is 0 Å². The first-order valence-corrected chi connectivity index (χ1v) is 6.53. The number of Topliss-reactive ketones (excluding diaryl/α,β-unsaturated/α-hetero) is 1. The van der Waals surface area contributed by atoms with Crippen molar-refractivity contribution in [2.24, 2.45) is 0 Å². The fourth-order valence-corrected chi connectivity index (χ4v) is 3.10. The summed E-state index contributed by atoms with van der Waals surface area (Å²) in [5.41, 5.74) is 4.25. The molecule has 0 saturated carbocycles. The van der Waals surface area contributed by atoms with Crippen LogP contribution in [0, 0.1) is 0 Å². The fourth-order valence-electron chi connectivity index (χ4n) is 3.10. The minimum atomic E-state index is 0.194. The van der Waals surface area contributed by atoms with E-state index in [4.69, 9.17) is 0 Å². The minimum absolute atomic E-state index is 0.194. The van der Waals surface area contributed by atoms with Gasteiger partial charge in [0, 0.05) is 23.2 Å². The number of nitrogens with one attached hydrogen (secondary N) is 1. The molecular weight excluding hydrogens is 234 g/mol. The average molecular weight is 247 g/mol. The Bertz CT molecular complexity index is 770. The van der Waals surface area contributed by atoms with Crippen molar-refractivity contribution in [3.05, 3.63) is 71.4 Å². The zero-order valence-corrected chi connectivity index (χ0v) is 10.4. The van der Waals surface area contributed by atoms with Crippen molar-refractivity contribution in [3.8, 4) is 0 Å². The summed E-state index contributed by atoms with van der Waals surface area (Å²) in [7, 11) is 0. The molecule has 19 heavy (non-hydrogen) atoms. The van der Waals surface area contributed by atoms with Gasteiger partial charge in [-0.3, -0.25) is 4.79 Å². The van der Waals surface area contributed by atoms with Gasteiger partial charge >= 0.3 is 0 Å². The van der Waals surface area contributed by atoms with E-state index in [-0.39, 0.29) is 11.7 Å². The summed E-state index contributed by atoms with van der Waals surface area (Å²) in [6.45, 7) is 0. The monoisotopic (exact) mass is 247 g/mol. The quantitative estimate of drug-likeness (QED) is 0.695. The number of H-pyrrole nitrogens is 1. The van der Waals surface area contributed by atoms with E-state index in [0.717, 1.165) is 11.2 Å². The molecule has 2 heteroatoms. The van der Waals surface area contributed by atoms with Gasteiger partial charge in [0.2, 0.25) is 0 Å². The fraction of sp³-hybridized carbons (Fsp3) is 0.118. The number of benzene rings is 2. The van der Waals surface area contributed by atoms with E-state index < -0.39 is 0 Å². The van der Waals surface area contributed by atoms with E-state index in [0.29, 0.717) is 6.42 Å². The number of aromatic nitrogens is 1. The van der Waals surface area contributed by atoms with Gasteiger partial charge in [0.15, 0.2) is 5.78 Å². The third-order valence-electron chi connectivity index (χ3n) is 3.97. The number of para-hydroxylation sites is 1. The lowest BCUT2D eigenvalue weighted by atomic mass is 9.92. The molecule has 2 aromatic carbocycles. The first-order valence-electron chi connectivity index (χ1n) is 6.53. The van der Waals surface area contributed by atoms with Crippen LogP contribution in [0.1, 0.15) is 34.0 Å². The van der Waals surface area contributed by atoms with Crippen LogP contribution in [-0.2, 0) is 0 Å². The Labute approximate surface area is 111 Å². The topological polar surface area (TPSA) is 32.9 Å². The molecule has 0 bridgehead atoms. The van der Waals surface area contributed by atoms with Crippen molar-refractivity contribution in [1.29, 1.82) is 0 Å². The van der Waals surface area contributed by atoms with Crippen molar-refractivity contribution >= 4 is 16.7 Å². The van der Waals surface area contributed by atoms with Crippen LogP contribution < -0.4 is 0 Å². The summed E-state index contributed by atoms with van der Waals surface area (Å²) < 4.78 is 0. The van der Waals surface area contributed by atoms with Crippen molar-refractivity contribution in [2.75, 3.05) is 0 Å². The van der Waals surface area contributed by atoms with E-state index in [1.807, 2.05) is 36.4 Å². The van der Waals surface area contributed by atoms with Gasteiger partial charge in [0.05, 0.1) is 5.69 Å². The van der Waals surface area contributed by atoms with Crippen LogP contribution in [0.4, 0.5) is 0 Å². The van der Waals surface area contributed by atoms with Crippen molar-refractivity contribution in [2.45, 2.75) is 12.3 Å². The lowest BCUT2D eigenvalue weighted by Crippen LogP contribution is -1.97. The van der Waals surface area contributed by atoms with E-state index in [9.17, 15) is 4.79 Å². The molecule has 1 aliphatic rings. The molecular formula is C17H13NO. The van der Waals surface area contributed by atoms with Crippen LogP contribution >= 0.6 is 0 Å². The number of ketones is 1. The molecule has 92 valence electrons. The number of hydrogen-bond donors (Lipinski definition) is 1. The minimum Gasteiger partial charge on any atom is -0.352 e. The summed E-state index contributed by atoms with van der Waals surface area (Å²) >= 11 is 0. The molecule has 0 aliphatic heterocycles. The van der Waals surface area contributed by atoms with Crippen LogP contribution in [0.2, 0.25) is 0 Å². The summed E-state index contributed by atoms with van der Waals surface area (Å²) in [5.74, 6) is 0.417. The van der Waals surface area contributed by atoms with E-state index in [1.54, 1.807) is 0 Å². The second-order valence-electron chi connectivity index (χ2n) is 5.05. The van der Waals surface area contributed by atoms with Gasteiger partial charge in [-0.05, 0) is 17.2 Å². The molecule has 4 rings (SSSR count). The normalized spacial score (nSPS) is 17.9. The highest BCUT2D eigenvalue weighted by Crippen LogP contribution is 2.42. The van der Waals surface area contributed by atoms with Crippen LogP contribution in [0.5, 0.6) is 0 Å². The Morgan fingerprint density at radius 3 is 2.53 bits per heavy atom. The van der Waals surface area contributed by atoms with E-state index in [2.05, 4.69) is 23.2 Å². The predicted molar refractivity (Wildman–Crippen MR) is 75.5 cm³/mol. The second-order valence-corrected chi connectivity index (χ2v) is 5.05. The Morgan fingerprint density at radius 2 is 1.68 bits per heavy atom. The molecule has 1 aliphatic carbocycles. The zero-order chi connectivity index (χ0) is 12.8. The van der Waals surface area contributed by atoms with Crippen LogP contribution in [-0.4, -0.2) is 10.8 Å². The number of hydrogen-bond acceptors (Lipinski definition) is 1. The van der Waals surface area contributed by atoms with Crippen molar-refractivity contribution < 1.29 is 4.79 Å². The van der Waals surface area contributed by atoms with E-state index >= 15 is 0 Å². The smallest absolute Gasteiger partial charge is 0.180 e. The summed E-state index contributed by atoms with van der Waals surface area (Å²) in [6, 6.07) is 18.4. The molecule has 0 fully saturated rings. The van der Waals surface area contributed by atoms with Gasteiger partial charge < -0.3 is 4.98 Å². The highest BCUT2D eigenvalue weighted by molar-refractivity contribution is 6.07. The highest BCUT2D eigenvalue weighted by atomic mass is 16.1. The first kappa shape index (κ1) is 10.6. The van der Waals surface area contributed by atoms with Gasteiger partial charge in [0.25, 0.3) is 0 Å².